The Bertz CT molecular complexity index is 1440. The highest BCUT2D eigenvalue weighted by Gasteiger charge is 2.50. The van der Waals surface area contributed by atoms with Crippen LogP contribution in [-0.2, 0) is 61.8 Å². The molecule has 0 bridgehead atoms. The fourth-order valence-corrected chi connectivity index (χ4v) is 8.72. The fourth-order valence-electron chi connectivity index (χ4n) is 8.72. The summed E-state index contributed by atoms with van der Waals surface area (Å²) in [5.41, 5.74) is 0.717. The summed E-state index contributed by atoms with van der Waals surface area (Å²) in [5.74, 6) is -3.77. The lowest BCUT2D eigenvalue weighted by Gasteiger charge is -2.47. The first kappa shape index (κ1) is 50.3. The molecule has 0 aliphatic carbocycles. The summed E-state index contributed by atoms with van der Waals surface area (Å²) in [4.78, 5) is 41.9. The lowest BCUT2D eigenvalue weighted by atomic mass is 9.79. The molecule has 344 valence electrons. The predicted octanol–water partition coefficient (Wildman–Crippen LogP) is 2.31. The van der Waals surface area contributed by atoms with Gasteiger partial charge in [-0.05, 0) is 59.7 Å². The van der Waals surface area contributed by atoms with Gasteiger partial charge >= 0.3 is 11.9 Å². The summed E-state index contributed by atoms with van der Waals surface area (Å²) in [6.45, 7) is 12.7. The van der Waals surface area contributed by atoms with E-state index in [0.717, 1.165) is 0 Å². The van der Waals surface area contributed by atoms with Gasteiger partial charge in [-0.25, -0.2) is 0 Å². The molecule has 0 amide bonds. The van der Waals surface area contributed by atoms with E-state index in [9.17, 15) is 29.7 Å². The average Bonchev–Trinajstić information content (AvgIpc) is 3.71. The molecule has 0 aromatic rings. The van der Waals surface area contributed by atoms with E-state index >= 15 is 0 Å². The molecule has 0 aromatic carbocycles. The van der Waals surface area contributed by atoms with Crippen LogP contribution in [0.25, 0.3) is 0 Å². The smallest absolute Gasteiger partial charge is 0.308 e. The molecule has 3 N–H and O–H groups in total. The van der Waals surface area contributed by atoms with Crippen molar-refractivity contribution in [3.05, 3.63) is 23.8 Å². The van der Waals surface area contributed by atoms with E-state index in [1.807, 2.05) is 26.8 Å². The number of esters is 2. The number of allylic oxidation sites excluding steroid dienone is 3. The second kappa shape index (κ2) is 23.3. The number of nitrogens with zero attached hydrogens (tertiary/aromatic N) is 1. The number of aliphatic hydroxyl groups excluding tert-OH is 3. The van der Waals surface area contributed by atoms with Crippen LogP contribution in [0, 0.1) is 23.7 Å². The van der Waals surface area contributed by atoms with Gasteiger partial charge in [0.1, 0.15) is 24.4 Å². The first-order valence-corrected chi connectivity index (χ1v) is 21.2. The molecule has 17 atom stereocenters. The van der Waals surface area contributed by atoms with E-state index in [4.69, 9.17) is 47.4 Å². The van der Waals surface area contributed by atoms with Gasteiger partial charge in [0.2, 0.25) is 0 Å². The number of carbonyl (C=O) groups excluding carboxylic acids is 3. The molecule has 4 aliphatic rings. The molecular formula is C43H71NO16. The zero-order valence-corrected chi connectivity index (χ0v) is 37.2. The van der Waals surface area contributed by atoms with Gasteiger partial charge in [0.15, 0.2) is 30.8 Å². The monoisotopic (exact) mass is 857 g/mol. The molecule has 0 aromatic heterocycles. The normalized spacial score (nSPS) is 42.0. The van der Waals surface area contributed by atoms with Crippen molar-refractivity contribution in [1.29, 1.82) is 0 Å². The number of ether oxygens (including phenoxy) is 10. The summed E-state index contributed by atoms with van der Waals surface area (Å²) in [5, 5.41) is 33.7. The third kappa shape index (κ3) is 13.1. The lowest BCUT2D eigenvalue weighted by molar-refractivity contribution is -0.308. The summed E-state index contributed by atoms with van der Waals surface area (Å²) in [7, 11) is 6.45. The van der Waals surface area contributed by atoms with Gasteiger partial charge in [-0.15, -0.1) is 0 Å². The molecule has 0 unspecified atom stereocenters. The van der Waals surface area contributed by atoms with Crippen molar-refractivity contribution < 1.29 is 77.1 Å². The number of cyclic esters (lactones) is 1. The molecule has 0 saturated carbocycles. The Kier molecular flexibility index (Phi) is 19.5. The van der Waals surface area contributed by atoms with E-state index < -0.39 is 128 Å². The van der Waals surface area contributed by atoms with Gasteiger partial charge in [0.25, 0.3) is 0 Å². The van der Waals surface area contributed by atoms with Crippen molar-refractivity contribution in [1.82, 2.24) is 4.90 Å². The topological polar surface area (TPSA) is 207 Å². The zero-order chi connectivity index (χ0) is 44.4. The van der Waals surface area contributed by atoms with E-state index in [0.29, 0.717) is 25.2 Å². The number of methoxy groups -OCH3 is 2. The molecule has 4 heterocycles. The molecule has 3 saturated heterocycles. The van der Waals surface area contributed by atoms with Gasteiger partial charge in [-0.3, -0.25) is 14.4 Å². The van der Waals surface area contributed by atoms with Crippen LogP contribution in [0.4, 0.5) is 0 Å². The Balaban J connectivity index is 1.70. The van der Waals surface area contributed by atoms with Crippen molar-refractivity contribution in [3.63, 3.8) is 0 Å². The van der Waals surface area contributed by atoms with Gasteiger partial charge in [-0.2, -0.15) is 0 Å². The standard InChI is InChI=1S/C43H71NO16/c1-12-32-29(21-55-42-41(52-11)40(51-10)37(50)26(6)56-42)17-22(2)13-14-30(46)23(3)18-28(19-34-53-15-16-54-34)38(24(4)31(47)20-33(48)59-32)60-43-39(58-27(7)45)35(44(8)9)36(49)25(5)57-43/h13-14,17,23-26,28-29,31-32,34-43,47,49-50H,12,15-16,18-21H2,1-11H3/b14-13+,22-17+/t23-,24+,25-,26-,28-,29-,31-,32-,35+,36-,37-,38-,39-,40-,41-,42-,43+/m1/s1. The number of likely N-dealkylation sites (N-methyl/N-ethyl adjacent to an activating group) is 1. The minimum absolute atomic E-state index is 0.0128. The largest absolute Gasteiger partial charge is 0.462 e. The fraction of sp³-hybridized carbons (Fsp3) is 0.837. The van der Waals surface area contributed by atoms with Gasteiger partial charge in [0, 0.05) is 45.3 Å². The van der Waals surface area contributed by atoms with Crippen molar-refractivity contribution >= 4 is 17.7 Å². The van der Waals surface area contributed by atoms with Crippen molar-refractivity contribution in [2.45, 2.75) is 160 Å². The molecule has 4 rings (SSSR count). The number of hydrogen-bond acceptors (Lipinski definition) is 17. The van der Waals surface area contributed by atoms with Crippen LogP contribution in [0.3, 0.4) is 0 Å². The first-order valence-electron chi connectivity index (χ1n) is 21.2. The highest BCUT2D eigenvalue weighted by molar-refractivity contribution is 5.91. The Hall–Kier alpha value is -2.39. The van der Waals surface area contributed by atoms with E-state index in [2.05, 4.69) is 0 Å². The van der Waals surface area contributed by atoms with E-state index in [1.54, 1.807) is 45.8 Å². The second-order valence-electron chi connectivity index (χ2n) is 16.9. The quantitative estimate of drug-likeness (QED) is 0.241. The SMILES string of the molecule is CC[C@H]1OC(=O)C[C@@H](O)[C@H](C)[C@@H](O[C@@H]2O[C@H](C)[C@@H](O)[C@H](N(C)C)[C@H]2OC(C)=O)[C@@H](CC2OCCO2)C[C@@H](C)C(=O)/C=C/C(C)=C/[C@@H]1CO[C@@H]1O[C@H](C)[C@@H](O)[C@@H](OC)[C@H]1OC. The van der Waals surface area contributed by atoms with Crippen LogP contribution >= 0.6 is 0 Å². The Morgan fingerprint density at radius 1 is 0.883 bits per heavy atom. The van der Waals surface area contributed by atoms with Crippen LogP contribution in [0.1, 0.15) is 74.1 Å². The van der Waals surface area contributed by atoms with Gasteiger partial charge in [-0.1, -0.05) is 38.5 Å². The zero-order valence-electron chi connectivity index (χ0n) is 37.2. The number of aliphatic hydroxyl groups is 3. The Labute approximate surface area is 354 Å². The van der Waals surface area contributed by atoms with Crippen molar-refractivity contribution in [2.24, 2.45) is 23.7 Å². The number of carbonyl (C=O) groups is 3. The lowest BCUT2D eigenvalue weighted by Crippen LogP contribution is -2.64. The van der Waals surface area contributed by atoms with E-state index in [1.165, 1.54) is 27.2 Å². The molecule has 4 aliphatic heterocycles. The minimum atomic E-state index is -1.31. The molecule has 17 nitrogen and oxygen atoms in total. The first-order chi connectivity index (χ1) is 28.4. The summed E-state index contributed by atoms with van der Waals surface area (Å²) >= 11 is 0. The van der Waals surface area contributed by atoms with Gasteiger partial charge < -0.3 is 67.6 Å². The number of ketones is 1. The van der Waals surface area contributed by atoms with Crippen LogP contribution in [0.2, 0.25) is 0 Å². The third-order valence-electron chi connectivity index (χ3n) is 12.2. The Morgan fingerprint density at radius 3 is 2.12 bits per heavy atom. The summed E-state index contributed by atoms with van der Waals surface area (Å²) in [6.07, 6.45) is -5.92. The van der Waals surface area contributed by atoms with Crippen LogP contribution in [-0.4, -0.2) is 172 Å². The second-order valence-corrected chi connectivity index (χ2v) is 16.9. The van der Waals surface area contributed by atoms with Gasteiger partial charge in [0.05, 0.1) is 62.8 Å². The summed E-state index contributed by atoms with van der Waals surface area (Å²) in [6, 6.07) is -0.713. The molecule has 3 fully saturated rings. The maximum absolute atomic E-state index is 13.9. The van der Waals surface area contributed by atoms with Crippen LogP contribution in [0.5, 0.6) is 0 Å². The average molecular weight is 858 g/mol. The number of rotatable bonds is 12. The van der Waals surface area contributed by atoms with Crippen LogP contribution in [0.15, 0.2) is 23.8 Å². The highest BCUT2D eigenvalue weighted by Crippen LogP contribution is 2.37. The van der Waals surface area contributed by atoms with Crippen molar-refractivity contribution in [2.75, 3.05) is 48.1 Å². The van der Waals surface area contributed by atoms with E-state index in [-0.39, 0.29) is 25.2 Å². The van der Waals surface area contributed by atoms with Crippen molar-refractivity contribution in [3.8, 4) is 0 Å². The third-order valence-corrected chi connectivity index (χ3v) is 12.2. The predicted molar refractivity (Wildman–Crippen MR) is 215 cm³/mol. The molecule has 17 heteroatoms. The minimum Gasteiger partial charge on any atom is -0.462 e. The maximum Gasteiger partial charge on any atom is 0.308 e. The maximum atomic E-state index is 13.9. The highest BCUT2D eigenvalue weighted by atomic mass is 16.7. The molecule has 0 spiro atoms. The molecular weight excluding hydrogens is 786 g/mol. The Morgan fingerprint density at radius 2 is 1.52 bits per heavy atom. The summed E-state index contributed by atoms with van der Waals surface area (Å²) < 4.78 is 60.1. The molecule has 0 radical (unpaired) electrons. The van der Waals surface area contributed by atoms with Crippen LogP contribution < -0.4 is 0 Å². The molecule has 60 heavy (non-hydrogen) atoms. The number of hydrogen-bond donors (Lipinski definition) is 3.